The Morgan fingerprint density at radius 2 is 2.03 bits per heavy atom. The van der Waals surface area contributed by atoms with Gasteiger partial charge in [-0.15, -0.1) is 0 Å². The van der Waals surface area contributed by atoms with E-state index in [-0.39, 0.29) is 12.3 Å². The minimum Gasteiger partial charge on any atom is -0.338 e. The summed E-state index contributed by atoms with van der Waals surface area (Å²) in [5.41, 5.74) is 5.28. The van der Waals surface area contributed by atoms with Crippen molar-refractivity contribution >= 4 is 28.6 Å². The fourth-order valence-corrected chi connectivity index (χ4v) is 3.10. The van der Waals surface area contributed by atoms with Crippen molar-refractivity contribution in [1.82, 2.24) is 14.4 Å². The van der Waals surface area contributed by atoms with Crippen LogP contribution in [0.5, 0.6) is 0 Å². The van der Waals surface area contributed by atoms with Crippen molar-refractivity contribution in [2.24, 2.45) is 0 Å². The van der Waals surface area contributed by atoms with E-state index in [4.69, 9.17) is 5.26 Å². The Balaban J connectivity index is 1.70. The standard InChI is InChI=1S/C22H18N6O/c1-15-5-2-3-8-18(15)27-22-20-12-24-14-28(20)19(13-25-22)16-6-4-7-17(11-16)26-21(29)9-10-23/h2-8,11-14H,9H2,1H3,(H,25,27)(H,26,29). The molecule has 29 heavy (non-hydrogen) atoms. The Kier molecular flexibility index (Phi) is 4.91. The van der Waals surface area contributed by atoms with E-state index in [0.29, 0.717) is 11.5 Å². The van der Waals surface area contributed by atoms with Gasteiger partial charge in [0, 0.05) is 16.9 Å². The third-order valence-electron chi connectivity index (χ3n) is 4.54. The van der Waals surface area contributed by atoms with Crippen LogP contribution < -0.4 is 10.6 Å². The SMILES string of the molecule is Cc1ccccc1Nc1ncc(-c2cccc(NC(=O)CC#N)c2)n2cncc12. The summed E-state index contributed by atoms with van der Waals surface area (Å²) >= 11 is 0. The molecule has 2 aromatic carbocycles. The number of rotatable bonds is 5. The van der Waals surface area contributed by atoms with Crippen LogP contribution in [0.2, 0.25) is 0 Å². The minimum absolute atomic E-state index is 0.184. The number of amides is 1. The second kappa shape index (κ2) is 7.82. The molecule has 142 valence electrons. The van der Waals surface area contributed by atoms with Crippen molar-refractivity contribution in [3.8, 4) is 17.3 Å². The largest absolute Gasteiger partial charge is 0.338 e. The number of aromatic nitrogens is 3. The Morgan fingerprint density at radius 3 is 2.86 bits per heavy atom. The zero-order chi connectivity index (χ0) is 20.2. The van der Waals surface area contributed by atoms with Crippen LogP contribution in [-0.2, 0) is 4.79 Å². The molecule has 2 heterocycles. The molecule has 0 unspecified atom stereocenters. The fraction of sp³-hybridized carbons (Fsp3) is 0.0909. The van der Waals surface area contributed by atoms with E-state index in [2.05, 4.69) is 20.6 Å². The first kappa shape index (κ1) is 18.2. The Hall–Kier alpha value is -4.18. The molecule has 4 aromatic rings. The maximum Gasteiger partial charge on any atom is 0.238 e. The van der Waals surface area contributed by atoms with Crippen LogP contribution in [0, 0.1) is 18.3 Å². The Morgan fingerprint density at radius 1 is 1.17 bits per heavy atom. The topological polar surface area (TPSA) is 95.1 Å². The van der Waals surface area contributed by atoms with E-state index >= 15 is 0 Å². The third-order valence-corrected chi connectivity index (χ3v) is 4.54. The van der Waals surface area contributed by atoms with Gasteiger partial charge in [0.2, 0.25) is 5.91 Å². The number of nitrogens with zero attached hydrogens (tertiary/aromatic N) is 4. The second-order valence-corrected chi connectivity index (χ2v) is 6.54. The summed E-state index contributed by atoms with van der Waals surface area (Å²) in [5.74, 6) is 0.368. The van der Waals surface area contributed by atoms with E-state index in [1.54, 1.807) is 24.8 Å². The fourth-order valence-electron chi connectivity index (χ4n) is 3.10. The molecule has 4 rings (SSSR count). The summed E-state index contributed by atoms with van der Waals surface area (Å²) in [4.78, 5) is 20.6. The lowest BCUT2D eigenvalue weighted by Crippen LogP contribution is -2.10. The predicted octanol–water partition coefficient (Wildman–Crippen LogP) is 4.30. The molecule has 2 aromatic heterocycles. The number of carbonyl (C=O) groups is 1. The van der Waals surface area contributed by atoms with E-state index < -0.39 is 0 Å². The maximum atomic E-state index is 11.7. The molecule has 7 heteroatoms. The molecule has 0 radical (unpaired) electrons. The average molecular weight is 382 g/mol. The highest BCUT2D eigenvalue weighted by Gasteiger charge is 2.11. The molecular weight excluding hydrogens is 364 g/mol. The number of carbonyl (C=O) groups excluding carboxylic acids is 1. The van der Waals surface area contributed by atoms with Crippen LogP contribution in [0.1, 0.15) is 12.0 Å². The molecule has 0 aliphatic heterocycles. The molecule has 0 fully saturated rings. The van der Waals surface area contributed by atoms with Crippen molar-refractivity contribution in [3.05, 3.63) is 72.8 Å². The molecule has 0 saturated carbocycles. The quantitative estimate of drug-likeness (QED) is 0.536. The Bertz CT molecular complexity index is 1240. The summed E-state index contributed by atoms with van der Waals surface area (Å²) in [6.07, 6.45) is 5.08. The summed E-state index contributed by atoms with van der Waals surface area (Å²) < 4.78 is 1.95. The zero-order valence-electron chi connectivity index (χ0n) is 15.8. The van der Waals surface area contributed by atoms with Crippen LogP contribution in [-0.4, -0.2) is 20.3 Å². The summed E-state index contributed by atoms with van der Waals surface area (Å²) in [6, 6.07) is 17.3. The number of nitrogens with one attached hydrogen (secondary N) is 2. The molecule has 0 aliphatic rings. The van der Waals surface area contributed by atoms with E-state index in [9.17, 15) is 4.79 Å². The van der Waals surface area contributed by atoms with Crippen molar-refractivity contribution in [2.45, 2.75) is 13.3 Å². The number of para-hydroxylation sites is 1. The number of anilines is 3. The highest BCUT2D eigenvalue weighted by Crippen LogP contribution is 2.28. The number of hydrogen-bond acceptors (Lipinski definition) is 5. The lowest BCUT2D eigenvalue weighted by atomic mass is 10.1. The summed E-state index contributed by atoms with van der Waals surface area (Å²) in [6.45, 7) is 2.04. The van der Waals surface area contributed by atoms with Crippen molar-refractivity contribution < 1.29 is 4.79 Å². The maximum absolute atomic E-state index is 11.7. The van der Waals surface area contributed by atoms with Crippen LogP contribution in [0.25, 0.3) is 16.8 Å². The van der Waals surface area contributed by atoms with Gasteiger partial charge >= 0.3 is 0 Å². The molecule has 0 atom stereocenters. The van der Waals surface area contributed by atoms with Crippen molar-refractivity contribution in [1.29, 1.82) is 5.26 Å². The first-order chi connectivity index (χ1) is 14.2. The average Bonchev–Trinajstić information content (AvgIpc) is 3.20. The van der Waals surface area contributed by atoms with Gasteiger partial charge in [0.15, 0.2) is 5.82 Å². The van der Waals surface area contributed by atoms with Crippen LogP contribution >= 0.6 is 0 Å². The number of nitriles is 1. The normalized spacial score (nSPS) is 10.5. The molecule has 2 N–H and O–H groups in total. The number of fused-ring (bicyclic) bond motifs is 1. The second-order valence-electron chi connectivity index (χ2n) is 6.54. The molecular formula is C22H18N6O. The first-order valence-electron chi connectivity index (χ1n) is 9.06. The monoisotopic (exact) mass is 382 g/mol. The van der Waals surface area contributed by atoms with Gasteiger partial charge in [-0.1, -0.05) is 30.3 Å². The van der Waals surface area contributed by atoms with Gasteiger partial charge in [0.25, 0.3) is 0 Å². The number of hydrogen-bond donors (Lipinski definition) is 2. The van der Waals surface area contributed by atoms with Crippen LogP contribution in [0.3, 0.4) is 0 Å². The third kappa shape index (κ3) is 3.77. The zero-order valence-corrected chi connectivity index (χ0v) is 15.8. The van der Waals surface area contributed by atoms with Gasteiger partial charge in [-0.3, -0.25) is 9.20 Å². The van der Waals surface area contributed by atoms with Crippen molar-refractivity contribution in [3.63, 3.8) is 0 Å². The highest BCUT2D eigenvalue weighted by atomic mass is 16.1. The minimum atomic E-state index is -0.340. The van der Waals surface area contributed by atoms with Gasteiger partial charge in [-0.25, -0.2) is 9.97 Å². The van der Waals surface area contributed by atoms with Gasteiger partial charge in [0.1, 0.15) is 11.9 Å². The van der Waals surface area contributed by atoms with Gasteiger partial charge in [0.05, 0.1) is 30.5 Å². The highest BCUT2D eigenvalue weighted by molar-refractivity contribution is 5.92. The first-order valence-corrected chi connectivity index (χ1v) is 9.06. The van der Waals surface area contributed by atoms with E-state index in [1.807, 2.05) is 59.9 Å². The molecule has 0 saturated heterocycles. The van der Waals surface area contributed by atoms with Gasteiger partial charge in [-0.05, 0) is 30.7 Å². The summed E-state index contributed by atoms with van der Waals surface area (Å²) in [7, 11) is 0. The van der Waals surface area contributed by atoms with Crippen molar-refractivity contribution in [2.75, 3.05) is 10.6 Å². The van der Waals surface area contributed by atoms with Crippen LogP contribution in [0.4, 0.5) is 17.2 Å². The smallest absolute Gasteiger partial charge is 0.238 e. The molecule has 0 aliphatic carbocycles. The summed E-state index contributed by atoms with van der Waals surface area (Å²) in [5, 5.41) is 14.8. The number of imidazole rings is 1. The lowest BCUT2D eigenvalue weighted by molar-refractivity contribution is -0.115. The lowest BCUT2D eigenvalue weighted by Gasteiger charge is -2.13. The number of benzene rings is 2. The molecule has 0 bridgehead atoms. The Labute approximate surface area is 167 Å². The molecule has 1 amide bonds. The van der Waals surface area contributed by atoms with Gasteiger partial charge in [-0.2, -0.15) is 5.26 Å². The van der Waals surface area contributed by atoms with E-state index in [0.717, 1.165) is 28.0 Å². The molecule has 7 nitrogen and oxygen atoms in total. The molecule has 0 spiro atoms. The van der Waals surface area contributed by atoms with E-state index in [1.165, 1.54) is 0 Å². The van der Waals surface area contributed by atoms with Gasteiger partial charge < -0.3 is 10.6 Å². The van der Waals surface area contributed by atoms with Crippen LogP contribution in [0.15, 0.2) is 67.3 Å². The number of aryl methyl sites for hydroxylation is 1. The predicted molar refractivity (Wildman–Crippen MR) is 112 cm³/mol.